The molecule has 1 aromatic rings. The van der Waals surface area contributed by atoms with Gasteiger partial charge in [0.15, 0.2) is 12.3 Å². The smallest absolute Gasteiger partial charge is 0.462 e. The number of aliphatic hydroxyl groups excluding tert-OH is 3. The van der Waals surface area contributed by atoms with Crippen molar-refractivity contribution in [1.29, 1.82) is 0 Å². The number of ether oxygens (including phenoxy) is 3. The first-order chi connectivity index (χ1) is 30.9. The lowest BCUT2D eigenvalue weighted by Crippen LogP contribution is -2.36. The van der Waals surface area contributed by atoms with E-state index in [1.54, 1.807) is 6.08 Å². The van der Waals surface area contributed by atoms with Crippen molar-refractivity contribution in [2.75, 3.05) is 25.6 Å². The molecular weight excluding hydrogens is 888 g/mol. The number of esters is 2. The van der Waals surface area contributed by atoms with Crippen LogP contribution in [0.25, 0.3) is 0 Å². The standard InChI is InChI=1S/C44H73N3O16P2/c1-4-5-6-7-9-15-20-25-35(48)26-21-16-10-8-11-17-22-27-39(49)58-31-36(61-40(50)28-23-18-13-12-14-19-24-34(2)3)32-59-64(54,55)63-65(56,57)60-33-37-41(51)42(52)43(62-37)47-30-29-38(45)46-44(47)53/h8-9,11,15-16,20-21,25,29-30,34-37,41-43,48,51-52H,4-7,10,12-14,17-19,22-24,26-28,31-33H2,1-3H3,(H,54,55)(H,56,57)(H2,45,46,53)/b11-8+,15-9-,21-16-,25-20-/t35-,36-,37-,41-,42-,43-/m1/s1. The number of aliphatic hydroxyl groups is 3. The summed E-state index contributed by atoms with van der Waals surface area (Å²) in [6.07, 6.45) is 21.5. The van der Waals surface area contributed by atoms with Crippen LogP contribution in [0.2, 0.25) is 0 Å². The van der Waals surface area contributed by atoms with E-state index in [9.17, 15) is 48.6 Å². The number of unbranched alkanes of at least 4 members (excludes halogenated alkanes) is 9. The van der Waals surface area contributed by atoms with Crippen molar-refractivity contribution in [3.05, 3.63) is 71.4 Å². The third-order valence-corrected chi connectivity index (χ3v) is 12.5. The van der Waals surface area contributed by atoms with E-state index in [1.807, 2.05) is 36.5 Å². The molecule has 1 aliphatic rings. The Kier molecular flexibility index (Phi) is 28.8. The first-order valence-electron chi connectivity index (χ1n) is 22.6. The topological polar surface area (TPSA) is 286 Å². The summed E-state index contributed by atoms with van der Waals surface area (Å²) in [5, 5.41) is 30.9. The van der Waals surface area contributed by atoms with Crippen molar-refractivity contribution in [3.8, 4) is 0 Å². The van der Waals surface area contributed by atoms with Crippen LogP contribution in [-0.2, 0) is 46.3 Å². The van der Waals surface area contributed by atoms with Crippen LogP contribution < -0.4 is 11.4 Å². The predicted octanol–water partition coefficient (Wildman–Crippen LogP) is 7.04. The van der Waals surface area contributed by atoms with Gasteiger partial charge in [-0.25, -0.2) is 13.9 Å². The van der Waals surface area contributed by atoms with Gasteiger partial charge in [0, 0.05) is 19.0 Å². The van der Waals surface area contributed by atoms with Crippen LogP contribution in [-0.4, -0.2) is 96.9 Å². The minimum Gasteiger partial charge on any atom is -0.462 e. The van der Waals surface area contributed by atoms with Crippen LogP contribution in [0.4, 0.5) is 5.82 Å². The highest BCUT2D eigenvalue weighted by Crippen LogP contribution is 2.60. The molecule has 0 spiro atoms. The molecule has 0 aliphatic carbocycles. The van der Waals surface area contributed by atoms with Crippen LogP contribution in [0.15, 0.2) is 65.7 Å². The maximum absolute atomic E-state index is 12.8. The summed E-state index contributed by atoms with van der Waals surface area (Å²) in [6.45, 7) is 4.12. The Morgan fingerprint density at radius 2 is 1.54 bits per heavy atom. The summed E-state index contributed by atoms with van der Waals surface area (Å²) < 4.78 is 56.4. The maximum atomic E-state index is 12.8. The zero-order chi connectivity index (χ0) is 48.1. The van der Waals surface area contributed by atoms with Gasteiger partial charge in [-0.3, -0.25) is 23.2 Å². The SMILES string of the molecule is CCCCC/C=C\C=C/[C@@H](O)C/C=C\C/C=C/CCCC(=O)OC[C@H](COP(=O)(O)OP(=O)(O)OC[C@H]1O[C@@H](n2ccc(N)nc2=O)[C@H](O)[C@@H]1O)OC(=O)CCCCCCCCC(C)C. The van der Waals surface area contributed by atoms with Crippen LogP contribution >= 0.6 is 15.6 Å². The molecule has 65 heavy (non-hydrogen) atoms. The number of carbonyl (C=O) groups is 2. The minimum absolute atomic E-state index is 0.0157. The van der Waals surface area contributed by atoms with Gasteiger partial charge in [-0.15, -0.1) is 0 Å². The molecule has 8 atom stereocenters. The van der Waals surface area contributed by atoms with Crippen molar-refractivity contribution in [1.82, 2.24) is 9.55 Å². The van der Waals surface area contributed by atoms with Gasteiger partial charge in [0.05, 0.1) is 19.3 Å². The third kappa shape index (κ3) is 26.6. The van der Waals surface area contributed by atoms with Gasteiger partial charge >= 0.3 is 33.3 Å². The van der Waals surface area contributed by atoms with E-state index in [0.29, 0.717) is 38.0 Å². The van der Waals surface area contributed by atoms with E-state index in [1.165, 1.54) is 18.9 Å². The van der Waals surface area contributed by atoms with Crippen LogP contribution in [0.1, 0.15) is 136 Å². The molecule has 370 valence electrons. The van der Waals surface area contributed by atoms with Crippen LogP contribution in [0, 0.1) is 5.92 Å². The number of aromatic nitrogens is 2. The summed E-state index contributed by atoms with van der Waals surface area (Å²) in [4.78, 5) is 61.5. The van der Waals surface area contributed by atoms with E-state index in [2.05, 4.69) is 36.1 Å². The summed E-state index contributed by atoms with van der Waals surface area (Å²) in [5.41, 5.74) is 4.56. The van der Waals surface area contributed by atoms with Crippen molar-refractivity contribution < 1.29 is 71.4 Å². The minimum atomic E-state index is -5.44. The quantitative estimate of drug-likeness (QED) is 0.0131. The number of allylic oxidation sites excluding steroid dienone is 6. The van der Waals surface area contributed by atoms with E-state index in [0.717, 1.165) is 62.1 Å². The molecule has 21 heteroatoms. The zero-order valence-corrected chi connectivity index (χ0v) is 39.8. The summed E-state index contributed by atoms with van der Waals surface area (Å²) >= 11 is 0. The fourth-order valence-corrected chi connectivity index (χ4v) is 8.44. The second kappa shape index (κ2) is 32.4. The predicted molar refractivity (Wildman–Crippen MR) is 244 cm³/mol. The molecule has 0 amide bonds. The largest absolute Gasteiger partial charge is 0.481 e. The molecule has 2 unspecified atom stereocenters. The molecule has 19 nitrogen and oxygen atoms in total. The van der Waals surface area contributed by atoms with Crippen molar-refractivity contribution >= 4 is 33.4 Å². The maximum Gasteiger partial charge on any atom is 0.481 e. The highest BCUT2D eigenvalue weighted by molar-refractivity contribution is 7.61. The second-order valence-electron chi connectivity index (χ2n) is 16.2. The van der Waals surface area contributed by atoms with Gasteiger partial charge < -0.3 is 45.1 Å². The van der Waals surface area contributed by atoms with E-state index < -0.39 is 89.8 Å². The second-order valence-corrected chi connectivity index (χ2v) is 19.3. The van der Waals surface area contributed by atoms with Crippen LogP contribution in [0.3, 0.4) is 0 Å². The highest BCUT2D eigenvalue weighted by atomic mass is 31.3. The molecule has 0 radical (unpaired) electrons. The molecule has 0 bridgehead atoms. The Bertz CT molecular complexity index is 1800. The fraction of sp³-hybridized carbons (Fsp3) is 0.682. The van der Waals surface area contributed by atoms with Gasteiger partial charge in [0.25, 0.3) is 0 Å². The molecule has 1 saturated heterocycles. The lowest BCUT2D eigenvalue weighted by atomic mass is 10.0. The number of carbonyl (C=O) groups excluding carboxylic acids is 2. The molecule has 2 heterocycles. The number of rotatable bonds is 35. The normalized spacial score (nSPS) is 20.8. The van der Waals surface area contributed by atoms with Gasteiger partial charge in [0.1, 0.15) is 30.7 Å². The summed E-state index contributed by atoms with van der Waals surface area (Å²) in [5.74, 6) is -0.773. The number of hydrogen-bond donors (Lipinski definition) is 6. The average molecular weight is 962 g/mol. The molecule has 1 aliphatic heterocycles. The lowest BCUT2D eigenvalue weighted by molar-refractivity contribution is -0.161. The number of nitrogens with zero attached hydrogens (tertiary/aromatic N) is 2. The van der Waals surface area contributed by atoms with Gasteiger partial charge in [-0.2, -0.15) is 9.29 Å². The lowest BCUT2D eigenvalue weighted by Gasteiger charge is -2.21. The summed E-state index contributed by atoms with van der Waals surface area (Å²) in [6, 6.07) is 1.24. The third-order valence-electron chi connectivity index (χ3n) is 9.93. The Balaban J connectivity index is 1.86. The molecule has 1 aromatic heterocycles. The number of nitrogens with two attached hydrogens (primary N) is 1. The zero-order valence-electron chi connectivity index (χ0n) is 38.1. The van der Waals surface area contributed by atoms with E-state index >= 15 is 0 Å². The van der Waals surface area contributed by atoms with Gasteiger partial charge in [-0.05, 0) is 56.9 Å². The number of anilines is 1. The molecular formula is C44H73N3O16P2. The Morgan fingerprint density at radius 1 is 0.862 bits per heavy atom. The Labute approximate surface area is 382 Å². The molecule has 0 saturated carbocycles. The monoisotopic (exact) mass is 961 g/mol. The average Bonchev–Trinajstić information content (AvgIpc) is 3.52. The highest BCUT2D eigenvalue weighted by Gasteiger charge is 2.46. The van der Waals surface area contributed by atoms with E-state index in [4.69, 9.17) is 29.0 Å². The fourth-order valence-electron chi connectivity index (χ4n) is 6.33. The van der Waals surface area contributed by atoms with E-state index in [-0.39, 0.29) is 18.7 Å². The number of hydrogen-bond acceptors (Lipinski definition) is 16. The first-order valence-corrected chi connectivity index (χ1v) is 25.6. The van der Waals surface area contributed by atoms with Crippen molar-refractivity contribution in [2.45, 2.75) is 167 Å². The molecule has 1 fully saturated rings. The van der Waals surface area contributed by atoms with Gasteiger partial charge in [-0.1, -0.05) is 121 Å². The Morgan fingerprint density at radius 3 is 2.26 bits per heavy atom. The molecule has 2 rings (SSSR count). The molecule has 7 N–H and O–H groups in total. The van der Waals surface area contributed by atoms with Crippen LogP contribution in [0.5, 0.6) is 0 Å². The summed E-state index contributed by atoms with van der Waals surface area (Å²) in [7, 11) is -10.9. The van der Waals surface area contributed by atoms with Gasteiger partial charge in [0.2, 0.25) is 0 Å². The van der Waals surface area contributed by atoms with Crippen molar-refractivity contribution in [2.24, 2.45) is 5.92 Å². The molecule has 0 aromatic carbocycles. The number of nitrogen functional groups attached to an aromatic ring is 1. The Hall–Kier alpha value is -3.32. The number of phosphoric ester groups is 2. The first kappa shape index (κ1) is 57.8. The van der Waals surface area contributed by atoms with Crippen molar-refractivity contribution in [3.63, 3.8) is 0 Å². The number of phosphoric acid groups is 2.